The number of hydrogen-bond donors (Lipinski definition) is 2. The topological polar surface area (TPSA) is 75.6 Å². The highest BCUT2D eigenvalue weighted by molar-refractivity contribution is 5.75. The van der Waals surface area contributed by atoms with Gasteiger partial charge in [0.15, 0.2) is 11.6 Å². The molecule has 21 heavy (non-hydrogen) atoms. The monoisotopic (exact) mass is 297 g/mol. The van der Waals surface area contributed by atoms with Crippen molar-refractivity contribution >= 4 is 11.9 Å². The summed E-state index contributed by atoms with van der Waals surface area (Å²) < 4.78 is 18.7. The number of carbonyl (C=O) groups is 2. The van der Waals surface area contributed by atoms with Gasteiger partial charge in [0.2, 0.25) is 5.91 Å². The molecule has 1 rings (SSSR count). The van der Waals surface area contributed by atoms with Crippen molar-refractivity contribution in [3.8, 4) is 5.75 Å². The van der Waals surface area contributed by atoms with Crippen molar-refractivity contribution in [2.45, 2.75) is 38.7 Å². The molecule has 0 bridgehead atoms. The van der Waals surface area contributed by atoms with Gasteiger partial charge in [0.25, 0.3) is 0 Å². The number of carbonyl (C=O) groups excluding carboxylic acids is 1. The molecule has 6 heteroatoms. The third-order valence-electron chi connectivity index (χ3n) is 2.80. The molecule has 1 unspecified atom stereocenters. The van der Waals surface area contributed by atoms with Crippen LogP contribution >= 0.6 is 0 Å². The third-order valence-corrected chi connectivity index (χ3v) is 2.80. The van der Waals surface area contributed by atoms with Gasteiger partial charge >= 0.3 is 5.97 Å². The first kappa shape index (κ1) is 16.9. The molecule has 5 nitrogen and oxygen atoms in total. The SMILES string of the molecule is CC(CNC(=O)CCCCC(=O)O)Oc1ccccc1F. The lowest BCUT2D eigenvalue weighted by Gasteiger charge is -2.15. The molecule has 0 saturated carbocycles. The molecule has 0 heterocycles. The van der Waals surface area contributed by atoms with Gasteiger partial charge in [0, 0.05) is 12.8 Å². The van der Waals surface area contributed by atoms with E-state index in [0.717, 1.165) is 0 Å². The van der Waals surface area contributed by atoms with Gasteiger partial charge in [-0.15, -0.1) is 0 Å². The predicted molar refractivity (Wildman–Crippen MR) is 75.6 cm³/mol. The van der Waals surface area contributed by atoms with Gasteiger partial charge < -0.3 is 15.2 Å². The van der Waals surface area contributed by atoms with Crippen molar-refractivity contribution in [3.63, 3.8) is 0 Å². The van der Waals surface area contributed by atoms with Crippen LogP contribution in [0, 0.1) is 5.82 Å². The highest BCUT2D eigenvalue weighted by atomic mass is 19.1. The first-order valence-electron chi connectivity index (χ1n) is 6.88. The average molecular weight is 297 g/mol. The number of amides is 1. The molecule has 0 aliphatic carbocycles. The molecule has 2 N–H and O–H groups in total. The van der Waals surface area contributed by atoms with Crippen LogP contribution in [0.25, 0.3) is 0 Å². The summed E-state index contributed by atoms with van der Waals surface area (Å²) in [6.07, 6.45) is 0.995. The van der Waals surface area contributed by atoms with Crippen LogP contribution < -0.4 is 10.1 Å². The Kier molecular flexibility index (Phi) is 7.21. The van der Waals surface area contributed by atoms with Gasteiger partial charge in [-0.2, -0.15) is 0 Å². The van der Waals surface area contributed by atoms with Crippen molar-refractivity contribution in [1.82, 2.24) is 5.32 Å². The minimum Gasteiger partial charge on any atom is -0.486 e. The number of carboxylic acid groups (broad SMARTS) is 1. The molecule has 1 aromatic rings. The molecule has 0 radical (unpaired) electrons. The summed E-state index contributed by atoms with van der Waals surface area (Å²) in [6.45, 7) is 2.00. The van der Waals surface area contributed by atoms with E-state index in [1.165, 1.54) is 12.1 Å². The summed E-state index contributed by atoms with van der Waals surface area (Å²) in [5.41, 5.74) is 0. The van der Waals surface area contributed by atoms with Gasteiger partial charge in [-0.3, -0.25) is 9.59 Å². The van der Waals surface area contributed by atoms with E-state index in [0.29, 0.717) is 12.8 Å². The maximum absolute atomic E-state index is 13.4. The van der Waals surface area contributed by atoms with Crippen LogP contribution in [-0.4, -0.2) is 29.6 Å². The molecular weight excluding hydrogens is 277 g/mol. The first-order valence-corrected chi connectivity index (χ1v) is 6.88. The summed E-state index contributed by atoms with van der Waals surface area (Å²) >= 11 is 0. The Labute approximate surface area is 123 Å². The number of nitrogens with one attached hydrogen (secondary N) is 1. The van der Waals surface area contributed by atoms with E-state index in [1.807, 2.05) is 0 Å². The van der Waals surface area contributed by atoms with Crippen LogP contribution in [-0.2, 0) is 9.59 Å². The van der Waals surface area contributed by atoms with Gasteiger partial charge in [-0.1, -0.05) is 12.1 Å². The van der Waals surface area contributed by atoms with Gasteiger partial charge in [0.1, 0.15) is 6.10 Å². The number of benzene rings is 1. The standard InChI is InChI=1S/C15H20FNO4/c1-11(21-13-7-3-2-6-12(13)16)10-17-14(18)8-4-5-9-15(19)20/h2-3,6-7,11H,4-5,8-10H2,1H3,(H,17,18)(H,19,20). The summed E-state index contributed by atoms with van der Waals surface area (Å²) in [5.74, 6) is -1.31. The van der Waals surface area contributed by atoms with Crippen molar-refractivity contribution < 1.29 is 23.8 Å². The van der Waals surface area contributed by atoms with E-state index in [1.54, 1.807) is 19.1 Å². The Morgan fingerprint density at radius 2 is 1.95 bits per heavy atom. The minimum absolute atomic E-state index is 0.0695. The van der Waals surface area contributed by atoms with Crippen molar-refractivity contribution in [1.29, 1.82) is 0 Å². The zero-order valence-corrected chi connectivity index (χ0v) is 12.0. The fraction of sp³-hybridized carbons (Fsp3) is 0.467. The Morgan fingerprint density at radius 3 is 2.62 bits per heavy atom. The number of unbranched alkanes of at least 4 members (excludes halogenated alkanes) is 1. The first-order chi connectivity index (χ1) is 9.99. The van der Waals surface area contributed by atoms with Gasteiger partial charge in [-0.25, -0.2) is 4.39 Å². The summed E-state index contributed by atoms with van der Waals surface area (Å²) in [6, 6.07) is 6.08. The number of ether oxygens (including phenoxy) is 1. The summed E-state index contributed by atoms with van der Waals surface area (Å²) in [7, 11) is 0. The highest BCUT2D eigenvalue weighted by Gasteiger charge is 2.09. The van der Waals surface area contributed by atoms with E-state index in [4.69, 9.17) is 9.84 Å². The number of rotatable bonds is 9. The van der Waals surface area contributed by atoms with E-state index < -0.39 is 11.8 Å². The summed E-state index contributed by atoms with van der Waals surface area (Å²) in [4.78, 5) is 21.8. The van der Waals surface area contributed by atoms with E-state index in [-0.39, 0.29) is 37.1 Å². The van der Waals surface area contributed by atoms with E-state index in [2.05, 4.69) is 5.32 Å². The number of aliphatic carboxylic acids is 1. The normalized spacial score (nSPS) is 11.7. The van der Waals surface area contributed by atoms with E-state index >= 15 is 0 Å². The molecule has 0 fully saturated rings. The van der Waals surface area contributed by atoms with Crippen LogP contribution in [0.1, 0.15) is 32.6 Å². The second kappa shape index (κ2) is 8.94. The number of halogens is 1. The van der Waals surface area contributed by atoms with Crippen LogP contribution in [0.15, 0.2) is 24.3 Å². The van der Waals surface area contributed by atoms with Crippen molar-refractivity contribution in [3.05, 3.63) is 30.1 Å². The zero-order chi connectivity index (χ0) is 15.7. The quantitative estimate of drug-likeness (QED) is 0.686. The Bertz CT molecular complexity index is 478. The van der Waals surface area contributed by atoms with Gasteiger partial charge in [0.05, 0.1) is 6.54 Å². The van der Waals surface area contributed by atoms with Crippen LogP contribution in [0.3, 0.4) is 0 Å². The highest BCUT2D eigenvalue weighted by Crippen LogP contribution is 2.16. The molecule has 116 valence electrons. The molecule has 1 aromatic carbocycles. The molecule has 0 aliphatic heterocycles. The average Bonchev–Trinajstić information content (AvgIpc) is 2.44. The maximum atomic E-state index is 13.4. The fourth-order valence-corrected chi connectivity index (χ4v) is 1.71. The lowest BCUT2D eigenvalue weighted by atomic mass is 10.2. The molecule has 0 saturated heterocycles. The largest absolute Gasteiger partial charge is 0.486 e. The van der Waals surface area contributed by atoms with Crippen LogP contribution in [0.4, 0.5) is 4.39 Å². The van der Waals surface area contributed by atoms with Crippen molar-refractivity contribution in [2.75, 3.05) is 6.54 Å². The fourth-order valence-electron chi connectivity index (χ4n) is 1.71. The molecule has 0 spiro atoms. The Hall–Kier alpha value is -2.11. The van der Waals surface area contributed by atoms with Crippen molar-refractivity contribution in [2.24, 2.45) is 0 Å². The lowest BCUT2D eigenvalue weighted by Crippen LogP contribution is -2.33. The van der Waals surface area contributed by atoms with E-state index in [9.17, 15) is 14.0 Å². The van der Waals surface area contributed by atoms with Crippen LogP contribution in [0.2, 0.25) is 0 Å². The summed E-state index contributed by atoms with van der Waals surface area (Å²) in [5, 5.41) is 11.1. The second-order valence-electron chi connectivity index (χ2n) is 4.76. The lowest BCUT2D eigenvalue weighted by molar-refractivity contribution is -0.137. The number of carboxylic acids is 1. The second-order valence-corrected chi connectivity index (χ2v) is 4.76. The Balaban J connectivity index is 2.20. The zero-order valence-electron chi connectivity index (χ0n) is 12.0. The molecular formula is C15H20FNO4. The molecule has 1 amide bonds. The number of hydrogen-bond acceptors (Lipinski definition) is 3. The maximum Gasteiger partial charge on any atom is 0.303 e. The Morgan fingerprint density at radius 1 is 1.29 bits per heavy atom. The smallest absolute Gasteiger partial charge is 0.303 e. The molecule has 0 aromatic heterocycles. The minimum atomic E-state index is -0.859. The third kappa shape index (κ3) is 7.29. The number of para-hydroxylation sites is 1. The molecule has 1 atom stereocenters. The van der Waals surface area contributed by atoms with Crippen LogP contribution in [0.5, 0.6) is 5.75 Å². The predicted octanol–water partition coefficient (Wildman–Crippen LogP) is 2.35. The van der Waals surface area contributed by atoms with Gasteiger partial charge in [-0.05, 0) is 31.9 Å². The molecule has 0 aliphatic rings.